The van der Waals surface area contributed by atoms with Crippen LogP contribution >= 0.6 is 23.5 Å². The van der Waals surface area contributed by atoms with Gasteiger partial charge in [-0.15, -0.1) is 0 Å². The van der Waals surface area contributed by atoms with Crippen LogP contribution in [-0.2, 0) is 47.8 Å². The lowest BCUT2D eigenvalue weighted by molar-refractivity contribution is -0.145. The molecule has 1 aliphatic heterocycles. The van der Waals surface area contributed by atoms with Crippen LogP contribution in [0, 0.1) is 35.0 Å². The van der Waals surface area contributed by atoms with E-state index in [1.54, 1.807) is 62.4 Å². The average molecular weight is 1110 g/mol. The number of benzene rings is 3. The Balaban J connectivity index is 0.970. The third kappa shape index (κ3) is 18.9. The highest BCUT2D eigenvalue weighted by atomic mass is 32.2. The van der Waals surface area contributed by atoms with Gasteiger partial charge in [0, 0.05) is 12.2 Å². The number of carbonyl (C=O) groups excluding carboxylic acids is 7. The Labute approximate surface area is 463 Å². The molecule has 3 aromatic carbocycles. The Hall–Kier alpha value is -7.04. The van der Waals surface area contributed by atoms with Gasteiger partial charge in [0.05, 0.1) is 70.2 Å². The molecule has 2 saturated carbocycles. The van der Waals surface area contributed by atoms with E-state index in [2.05, 4.69) is 13.2 Å². The van der Waals surface area contributed by atoms with E-state index >= 15 is 0 Å². The van der Waals surface area contributed by atoms with Crippen LogP contribution in [0.4, 0.5) is 0 Å². The molecule has 2 aliphatic carbocycles. The van der Waals surface area contributed by atoms with Gasteiger partial charge in [0.25, 0.3) is 0 Å². The molecule has 0 saturated heterocycles. The predicted molar refractivity (Wildman–Crippen MR) is 289 cm³/mol. The maximum atomic E-state index is 13.8. The lowest BCUT2D eigenvalue weighted by atomic mass is 9.82. The van der Waals surface area contributed by atoms with Crippen LogP contribution in [-0.4, -0.2) is 74.3 Å². The lowest BCUT2D eigenvalue weighted by Gasteiger charge is -2.26. The Morgan fingerprint density at radius 2 is 0.846 bits per heavy atom. The Bertz CT molecular complexity index is 2500. The van der Waals surface area contributed by atoms with Crippen molar-refractivity contribution >= 4 is 65.3 Å². The van der Waals surface area contributed by atoms with Gasteiger partial charge >= 0.3 is 41.8 Å². The minimum absolute atomic E-state index is 0.157. The van der Waals surface area contributed by atoms with Crippen LogP contribution in [0.15, 0.2) is 106 Å². The standard InChI is InChI=1S/C59H67NO16S2/c1-5-50(61)70-35-13-9-7-11-33-68-43-23-27-45(28-24-43)73-54(63)39-15-19-41(20-16-39)56(65)75-48-31-32-49(53-52(48)77-59(78-53)47(37-60)58(67)72-38(3)4)76-57(66)42-21-17-40(18-22-42)55(64)74-46-29-25-44(26-30-46)69-34-12-8-10-14-36-71-51(62)6-2/h5-6,23-32,38-42H,1-2,7-22,33-36H2,3-4H3. The fourth-order valence-electron chi connectivity index (χ4n) is 8.72. The van der Waals surface area contributed by atoms with Crippen LogP contribution in [0.1, 0.15) is 117 Å². The molecule has 0 aromatic heterocycles. The topological polar surface area (TPSA) is 226 Å². The normalized spacial score (nSPS) is 17.5. The Kier molecular flexibility index (Phi) is 24.2. The summed E-state index contributed by atoms with van der Waals surface area (Å²) in [6.45, 7) is 11.8. The minimum atomic E-state index is -0.821. The molecule has 78 heavy (non-hydrogen) atoms. The lowest BCUT2D eigenvalue weighted by Crippen LogP contribution is -2.30. The Morgan fingerprint density at radius 3 is 1.18 bits per heavy atom. The largest absolute Gasteiger partial charge is 0.494 e. The highest BCUT2D eigenvalue weighted by Gasteiger charge is 2.37. The number of nitriles is 1. The average Bonchev–Trinajstić information content (AvgIpc) is 3.90. The van der Waals surface area contributed by atoms with Gasteiger partial charge in [-0.1, -0.05) is 36.7 Å². The third-order valence-corrected chi connectivity index (χ3v) is 15.6. The molecule has 0 radical (unpaired) electrons. The molecule has 17 nitrogen and oxygen atoms in total. The van der Waals surface area contributed by atoms with Gasteiger partial charge < -0.3 is 42.6 Å². The van der Waals surface area contributed by atoms with Crippen LogP contribution < -0.4 is 28.4 Å². The van der Waals surface area contributed by atoms with Crippen molar-refractivity contribution in [2.45, 2.75) is 132 Å². The van der Waals surface area contributed by atoms with Crippen molar-refractivity contribution in [3.8, 4) is 40.6 Å². The fraction of sp³-hybridized carbons (Fsp3) is 0.458. The molecule has 0 unspecified atom stereocenters. The maximum absolute atomic E-state index is 13.8. The van der Waals surface area contributed by atoms with Crippen molar-refractivity contribution in [2.24, 2.45) is 23.7 Å². The summed E-state index contributed by atoms with van der Waals surface area (Å²) in [5, 5.41) is 10.1. The molecule has 0 spiro atoms. The molecule has 3 aromatic rings. The summed E-state index contributed by atoms with van der Waals surface area (Å²) >= 11 is 2.08. The van der Waals surface area contributed by atoms with Crippen LogP contribution in [0.5, 0.6) is 34.5 Å². The quantitative estimate of drug-likeness (QED) is 0.0164. The van der Waals surface area contributed by atoms with Crippen molar-refractivity contribution in [1.82, 2.24) is 0 Å². The molecule has 0 N–H and O–H groups in total. The first-order valence-corrected chi connectivity index (χ1v) is 28.2. The van der Waals surface area contributed by atoms with Crippen molar-refractivity contribution in [1.29, 1.82) is 5.26 Å². The number of hydrogen-bond acceptors (Lipinski definition) is 19. The number of ether oxygens (including phenoxy) is 9. The zero-order valence-corrected chi connectivity index (χ0v) is 45.8. The highest BCUT2D eigenvalue weighted by molar-refractivity contribution is 8.24. The molecule has 1 heterocycles. The number of esters is 7. The summed E-state index contributed by atoms with van der Waals surface area (Å²) in [7, 11) is 0. The summed E-state index contributed by atoms with van der Waals surface area (Å²) < 4.78 is 50.6. The van der Waals surface area contributed by atoms with Crippen molar-refractivity contribution in [2.75, 3.05) is 26.4 Å². The van der Waals surface area contributed by atoms with E-state index in [1.165, 1.54) is 12.1 Å². The molecule has 3 aliphatic rings. The number of hydrogen-bond donors (Lipinski definition) is 0. The van der Waals surface area contributed by atoms with Gasteiger partial charge in [0.1, 0.15) is 40.6 Å². The predicted octanol–water partition coefficient (Wildman–Crippen LogP) is 11.5. The number of fused-ring (bicyclic) bond motifs is 1. The van der Waals surface area contributed by atoms with E-state index in [1.807, 2.05) is 6.07 Å². The molecule has 416 valence electrons. The molecule has 2 fully saturated rings. The maximum Gasteiger partial charge on any atom is 0.350 e. The van der Waals surface area contributed by atoms with Gasteiger partial charge in [0.2, 0.25) is 0 Å². The molecular weight excluding hydrogens is 1040 g/mol. The van der Waals surface area contributed by atoms with Gasteiger partial charge in [-0.05, 0) is 177 Å². The summed E-state index contributed by atoms with van der Waals surface area (Å²) in [5.41, 5.74) is -0.246. The summed E-state index contributed by atoms with van der Waals surface area (Å²) in [5.74, 6) is -2.99. The number of thioether (sulfide) groups is 2. The van der Waals surface area contributed by atoms with Crippen LogP contribution in [0.2, 0.25) is 0 Å². The fourth-order valence-corrected chi connectivity index (χ4v) is 11.3. The summed E-state index contributed by atoms with van der Waals surface area (Å²) in [4.78, 5) is 89.9. The zero-order chi connectivity index (χ0) is 55.8. The minimum Gasteiger partial charge on any atom is -0.494 e. The second-order valence-corrected chi connectivity index (χ2v) is 21.4. The summed E-state index contributed by atoms with van der Waals surface area (Å²) in [6, 6.07) is 18.6. The summed E-state index contributed by atoms with van der Waals surface area (Å²) in [6.07, 6.45) is 11.7. The van der Waals surface area contributed by atoms with E-state index in [9.17, 15) is 38.8 Å². The van der Waals surface area contributed by atoms with Crippen molar-refractivity contribution < 1.29 is 76.2 Å². The zero-order valence-electron chi connectivity index (χ0n) is 44.2. The molecule has 0 bridgehead atoms. The van der Waals surface area contributed by atoms with Crippen LogP contribution in [0.3, 0.4) is 0 Å². The third-order valence-electron chi connectivity index (χ3n) is 13.0. The number of unbranched alkanes of at least 4 members (excludes halogenated alkanes) is 6. The number of carbonyl (C=O) groups is 7. The van der Waals surface area contributed by atoms with Gasteiger partial charge in [0.15, 0.2) is 5.57 Å². The first-order chi connectivity index (χ1) is 37.7. The monoisotopic (exact) mass is 1110 g/mol. The first kappa shape index (κ1) is 60.2. The van der Waals surface area contributed by atoms with Crippen molar-refractivity contribution in [3.05, 3.63) is 95.8 Å². The van der Waals surface area contributed by atoms with Crippen LogP contribution in [0.25, 0.3) is 0 Å². The molecule has 6 rings (SSSR count). The second-order valence-electron chi connectivity index (χ2n) is 19.1. The molecule has 0 atom stereocenters. The Morgan fingerprint density at radius 1 is 0.513 bits per heavy atom. The van der Waals surface area contributed by atoms with E-state index in [0.29, 0.717) is 111 Å². The molecule has 19 heteroatoms. The number of rotatable bonds is 28. The SMILES string of the molecule is C=CC(=O)OCCCCCCOc1ccc(OC(=O)C2CCC(C(=O)Oc3ccc(OC(=O)C4CCC(C(=O)Oc5ccc(OCCCCCCOC(=O)C=C)cc5)CC4)c4c3SC(=C(C#N)C(=O)OC(C)C)S4)CC2)cc1. The van der Waals surface area contributed by atoms with E-state index < -0.39 is 71.6 Å². The molecular formula is C59H67NO16S2. The second kappa shape index (κ2) is 31.4. The number of nitrogens with zero attached hydrogens (tertiary/aromatic N) is 1. The van der Waals surface area contributed by atoms with E-state index in [0.717, 1.165) is 87.0 Å². The highest BCUT2D eigenvalue weighted by Crippen LogP contribution is 2.59. The van der Waals surface area contributed by atoms with E-state index in [4.69, 9.17) is 42.6 Å². The van der Waals surface area contributed by atoms with Gasteiger partial charge in [-0.3, -0.25) is 19.2 Å². The van der Waals surface area contributed by atoms with Gasteiger partial charge in [-0.2, -0.15) is 5.26 Å². The van der Waals surface area contributed by atoms with Crippen molar-refractivity contribution in [3.63, 3.8) is 0 Å². The molecule has 0 amide bonds. The smallest absolute Gasteiger partial charge is 0.350 e. The first-order valence-electron chi connectivity index (χ1n) is 26.5. The van der Waals surface area contributed by atoms with E-state index in [-0.39, 0.29) is 21.3 Å². The van der Waals surface area contributed by atoms with Gasteiger partial charge in [-0.25, -0.2) is 14.4 Å².